The molecule has 4 N–H and O–H groups in total. The fraction of sp³-hybridized carbons (Fsp3) is 0.615. The number of aromatic nitrogens is 2. The van der Waals surface area contributed by atoms with Crippen molar-refractivity contribution in [1.29, 1.82) is 0 Å². The van der Waals surface area contributed by atoms with Crippen LogP contribution in [0, 0.1) is 0 Å². The number of hydrogen-bond donors (Lipinski definition) is 3. The minimum Gasteiger partial charge on any atom is -0.444 e. The van der Waals surface area contributed by atoms with Gasteiger partial charge in [0, 0.05) is 20.1 Å². The second-order valence-electron chi connectivity index (χ2n) is 5.61. The van der Waals surface area contributed by atoms with Crippen molar-refractivity contribution >= 4 is 17.7 Å². The molecule has 118 valence electrons. The molecule has 0 aliphatic heterocycles. The quantitative estimate of drug-likeness (QED) is 0.691. The number of nitrogens with one attached hydrogen (secondary N) is 2. The summed E-state index contributed by atoms with van der Waals surface area (Å²) in [6, 6.07) is 0. The maximum absolute atomic E-state index is 11.9. The lowest BCUT2D eigenvalue weighted by atomic mass is 10.2. The number of carbonyl (C=O) groups excluding carboxylic acids is 2. The van der Waals surface area contributed by atoms with E-state index in [9.17, 15) is 9.59 Å². The van der Waals surface area contributed by atoms with Gasteiger partial charge in [0.25, 0.3) is 5.91 Å². The van der Waals surface area contributed by atoms with Gasteiger partial charge in [-0.15, -0.1) is 0 Å². The summed E-state index contributed by atoms with van der Waals surface area (Å²) in [6.45, 7) is 6.22. The van der Waals surface area contributed by atoms with E-state index in [2.05, 4.69) is 15.7 Å². The molecule has 0 atom stereocenters. The molecule has 0 spiro atoms. The number of nitrogens with zero attached hydrogens (tertiary/aromatic N) is 2. The molecule has 0 aliphatic carbocycles. The van der Waals surface area contributed by atoms with Crippen LogP contribution in [0.2, 0.25) is 0 Å². The number of anilines is 1. The zero-order valence-corrected chi connectivity index (χ0v) is 12.9. The third-order valence-electron chi connectivity index (χ3n) is 2.49. The van der Waals surface area contributed by atoms with Crippen LogP contribution in [0.4, 0.5) is 10.5 Å². The fourth-order valence-corrected chi connectivity index (χ4v) is 1.61. The molecule has 0 unspecified atom stereocenters. The van der Waals surface area contributed by atoms with Crippen LogP contribution in [0.25, 0.3) is 0 Å². The maximum Gasteiger partial charge on any atom is 0.407 e. The van der Waals surface area contributed by atoms with Crippen molar-refractivity contribution in [2.75, 3.05) is 18.8 Å². The van der Waals surface area contributed by atoms with E-state index >= 15 is 0 Å². The number of carbonyl (C=O) groups is 2. The first-order valence-electron chi connectivity index (χ1n) is 6.73. The molecule has 0 saturated carbocycles. The monoisotopic (exact) mass is 297 g/mol. The Morgan fingerprint density at radius 2 is 1.95 bits per heavy atom. The molecule has 0 fully saturated rings. The Morgan fingerprint density at radius 3 is 2.48 bits per heavy atom. The zero-order chi connectivity index (χ0) is 16.0. The first kappa shape index (κ1) is 16.8. The van der Waals surface area contributed by atoms with Gasteiger partial charge in [-0.1, -0.05) is 0 Å². The van der Waals surface area contributed by atoms with E-state index < -0.39 is 11.7 Å². The van der Waals surface area contributed by atoms with Gasteiger partial charge >= 0.3 is 6.09 Å². The normalized spacial score (nSPS) is 11.0. The number of nitrogens with two attached hydrogens (primary N) is 1. The number of hydrogen-bond acceptors (Lipinski definition) is 5. The van der Waals surface area contributed by atoms with Crippen molar-refractivity contribution in [3.8, 4) is 0 Å². The van der Waals surface area contributed by atoms with Gasteiger partial charge in [0.15, 0.2) is 0 Å². The number of amides is 2. The predicted molar refractivity (Wildman–Crippen MR) is 78.8 cm³/mol. The van der Waals surface area contributed by atoms with Crippen molar-refractivity contribution in [2.24, 2.45) is 7.05 Å². The lowest BCUT2D eigenvalue weighted by Crippen LogP contribution is -2.34. The number of ether oxygens (including phenoxy) is 1. The number of nitrogen functional groups attached to an aromatic ring is 1. The van der Waals surface area contributed by atoms with Gasteiger partial charge in [0.2, 0.25) is 0 Å². The third-order valence-corrected chi connectivity index (χ3v) is 2.49. The molecule has 2 amide bonds. The molecule has 1 rings (SSSR count). The second kappa shape index (κ2) is 6.96. The molecule has 0 saturated heterocycles. The first-order chi connectivity index (χ1) is 9.70. The van der Waals surface area contributed by atoms with Crippen molar-refractivity contribution in [2.45, 2.75) is 32.8 Å². The molecule has 0 aromatic carbocycles. The number of aryl methyl sites for hydroxylation is 1. The summed E-state index contributed by atoms with van der Waals surface area (Å²) in [6.07, 6.45) is 1.55. The molecule has 1 aromatic heterocycles. The van der Waals surface area contributed by atoms with Crippen molar-refractivity contribution in [3.63, 3.8) is 0 Å². The molecule has 8 heteroatoms. The smallest absolute Gasteiger partial charge is 0.407 e. The van der Waals surface area contributed by atoms with Gasteiger partial charge in [-0.25, -0.2) is 4.79 Å². The van der Waals surface area contributed by atoms with Crippen LogP contribution in [-0.2, 0) is 11.8 Å². The van der Waals surface area contributed by atoms with E-state index in [0.29, 0.717) is 30.9 Å². The Morgan fingerprint density at radius 1 is 1.33 bits per heavy atom. The summed E-state index contributed by atoms with van der Waals surface area (Å²) in [5.41, 5.74) is 5.80. The summed E-state index contributed by atoms with van der Waals surface area (Å²) < 4.78 is 6.51. The molecule has 1 aromatic rings. The summed E-state index contributed by atoms with van der Waals surface area (Å²) in [7, 11) is 1.65. The Bertz CT molecular complexity index is 485. The topological polar surface area (TPSA) is 111 Å². The summed E-state index contributed by atoms with van der Waals surface area (Å²) in [5, 5.41) is 9.23. The Labute approximate surface area is 124 Å². The van der Waals surface area contributed by atoms with Crippen LogP contribution in [0.15, 0.2) is 6.20 Å². The highest BCUT2D eigenvalue weighted by Gasteiger charge is 2.16. The molecule has 1 heterocycles. The van der Waals surface area contributed by atoms with E-state index in [4.69, 9.17) is 10.5 Å². The highest BCUT2D eigenvalue weighted by molar-refractivity contribution is 5.97. The Kier molecular flexibility index (Phi) is 5.57. The molecular formula is C13H23N5O3. The van der Waals surface area contributed by atoms with Crippen LogP contribution < -0.4 is 16.4 Å². The highest BCUT2D eigenvalue weighted by atomic mass is 16.6. The lowest BCUT2D eigenvalue weighted by Gasteiger charge is -2.19. The second-order valence-corrected chi connectivity index (χ2v) is 5.61. The van der Waals surface area contributed by atoms with Gasteiger partial charge in [-0.3, -0.25) is 9.48 Å². The van der Waals surface area contributed by atoms with Gasteiger partial charge < -0.3 is 21.1 Å². The average Bonchev–Trinajstić information content (AvgIpc) is 2.66. The van der Waals surface area contributed by atoms with Gasteiger partial charge in [-0.05, 0) is 27.2 Å². The Hall–Kier alpha value is -2.25. The molecule has 0 aliphatic rings. The van der Waals surface area contributed by atoms with Gasteiger partial charge in [-0.2, -0.15) is 5.10 Å². The molecule has 8 nitrogen and oxygen atoms in total. The molecule has 21 heavy (non-hydrogen) atoms. The van der Waals surface area contributed by atoms with E-state index in [1.165, 1.54) is 10.9 Å². The van der Waals surface area contributed by atoms with Crippen LogP contribution in [0.3, 0.4) is 0 Å². The van der Waals surface area contributed by atoms with Crippen molar-refractivity contribution < 1.29 is 14.3 Å². The largest absolute Gasteiger partial charge is 0.444 e. The SMILES string of the molecule is Cn1ncc(N)c1C(=O)NCCCNC(=O)OC(C)(C)C. The van der Waals surface area contributed by atoms with Crippen molar-refractivity contribution in [1.82, 2.24) is 20.4 Å². The van der Waals surface area contributed by atoms with E-state index in [1.807, 2.05) is 0 Å². The summed E-state index contributed by atoms with van der Waals surface area (Å²) in [4.78, 5) is 23.3. The van der Waals surface area contributed by atoms with Gasteiger partial charge in [0.05, 0.1) is 11.9 Å². The minimum atomic E-state index is -0.518. The average molecular weight is 297 g/mol. The van der Waals surface area contributed by atoms with Crippen LogP contribution in [-0.4, -0.2) is 40.5 Å². The Balaban J connectivity index is 2.23. The summed E-state index contributed by atoms with van der Waals surface area (Å²) >= 11 is 0. The minimum absolute atomic E-state index is 0.287. The first-order valence-corrected chi connectivity index (χ1v) is 6.73. The number of alkyl carbamates (subject to hydrolysis) is 1. The van der Waals surface area contributed by atoms with E-state index in [0.717, 1.165) is 0 Å². The van der Waals surface area contributed by atoms with Crippen LogP contribution in [0.1, 0.15) is 37.7 Å². The molecule has 0 bridgehead atoms. The maximum atomic E-state index is 11.9. The molecule has 0 radical (unpaired) electrons. The standard InChI is InChI=1S/C13H23N5O3/c1-13(2,3)21-12(20)16-7-5-6-15-11(19)10-9(14)8-17-18(10)4/h8H,5-7,14H2,1-4H3,(H,15,19)(H,16,20). The summed E-state index contributed by atoms with van der Waals surface area (Å²) in [5.74, 6) is -0.287. The molecular weight excluding hydrogens is 274 g/mol. The van der Waals surface area contributed by atoms with E-state index in [-0.39, 0.29) is 5.91 Å². The van der Waals surface area contributed by atoms with Crippen molar-refractivity contribution in [3.05, 3.63) is 11.9 Å². The number of rotatable bonds is 5. The lowest BCUT2D eigenvalue weighted by molar-refractivity contribution is 0.0527. The van der Waals surface area contributed by atoms with Gasteiger partial charge in [0.1, 0.15) is 11.3 Å². The zero-order valence-electron chi connectivity index (χ0n) is 12.9. The van der Waals surface area contributed by atoms with E-state index in [1.54, 1.807) is 27.8 Å². The third kappa shape index (κ3) is 5.72. The van der Waals surface area contributed by atoms with Crippen LogP contribution in [0.5, 0.6) is 0 Å². The van der Waals surface area contributed by atoms with Crippen LogP contribution >= 0.6 is 0 Å². The highest BCUT2D eigenvalue weighted by Crippen LogP contribution is 2.08. The predicted octanol–water partition coefficient (Wildman–Crippen LogP) is 0.647. The fourth-order valence-electron chi connectivity index (χ4n) is 1.61.